The molecule has 2 aliphatic rings. The number of benzene rings is 2. The Morgan fingerprint density at radius 2 is 1.81 bits per heavy atom. The van der Waals surface area contributed by atoms with E-state index in [2.05, 4.69) is 44.2 Å². The summed E-state index contributed by atoms with van der Waals surface area (Å²) in [5, 5.41) is 6.26. The third kappa shape index (κ3) is 5.75. The Morgan fingerprint density at radius 1 is 1.12 bits per heavy atom. The molecule has 8 heteroatoms. The van der Waals surface area contributed by atoms with Crippen LogP contribution in [0.1, 0.15) is 38.2 Å². The zero-order valence-corrected chi connectivity index (χ0v) is 19.1. The summed E-state index contributed by atoms with van der Waals surface area (Å²) >= 11 is 0. The van der Waals surface area contributed by atoms with Gasteiger partial charge in [-0.2, -0.15) is 8.42 Å². The first-order chi connectivity index (χ1) is 15.4. The van der Waals surface area contributed by atoms with E-state index in [1.54, 1.807) is 24.3 Å². The lowest BCUT2D eigenvalue weighted by atomic mass is 10.0. The molecule has 0 saturated carbocycles. The first-order valence-electron chi connectivity index (χ1n) is 11.1. The van der Waals surface area contributed by atoms with Crippen LogP contribution in [0.2, 0.25) is 0 Å². The molecule has 0 bridgehead atoms. The zero-order chi connectivity index (χ0) is 22.6. The van der Waals surface area contributed by atoms with Gasteiger partial charge in [0.15, 0.2) is 0 Å². The first-order valence-corrected chi connectivity index (χ1v) is 12.6. The summed E-state index contributed by atoms with van der Waals surface area (Å²) in [4.78, 5) is 15.2. The van der Waals surface area contributed by atoms with Crippen LogP contribution in [0.4, 0.5) is 5.69 Å². The van der Waals surface area contributed by atoms with Gasteiger partial charge in [0.25, 0.3) is 10.0 Å². The Hall–Kier alpha value is -2.71. The normalized spacial score (nSPS) is 19.3. The predicted octanol–water partition coefficient (Wildman–Crippen LogP) is 3.40. The van der Waals surface area contributed by atoms with Crippen LogP contribution < -0.4 is 10.6 Å². The highest BCUT2D eigenvalue weighted by Gasteiger charge is 2.26. The molecule has 4 rings (SSSR count). The molecule has 0 spiro atoms. The number of anilines is 1. The summed E-state index contributed by atoms with van der Waals surface area (Å²) in [6, 6.07) is 17.4. The van der Waals surface area contributed by atoms with Crippen molar-refractivity contribution < 1.29 is 13.2 Å². The topological polar surface area (TPSA) is 90.9 Å². The molecule has 1 amide bonds. The van der Waals surface area contributed by atoms with Crippen LogP contribution in [0, 0.1) is 5.92 Å². The fraction of sp³-hybridized carbons (Fsp3) is 0.417. The third-order valence-electron chi connectivity index (χ3n) is 5.95. The lowest BCUT2D eigenvalue weighted by Crippen LogP contribution is -2.44. The highest BCUT2D eigenvalue weighted by atomic mass is 32.2. The van der Waals surface area contributed by atoms with Crippen molar-refractivity contribution in [2.75, 3.05) is 18.4 Å². The molecule has 2 aromatic carbocycles. The van der Waals surface area contributed by atoms with Crippen molar-refractivity contribution in [1.29, 1.82) is 0 Å². The van der Waals surface area contributed by atoms with Gasteiger partial charge in [0.05, 0.1) is 5.69 Å². The van der Waals surface area contributed by atoms with Gasteiger partial charge in [0, 0.05) is 38.5 Å². The molecule has 1 saturated heterocycles. The van der Waals surface area contributed by atoms with Gasteiger partial charge in [-0.15, -0.1) is 4.40 Å². The molecular weight excluding hydrogens is 424 g/mol. The lowest BCUT2D eigenvalue weighted by molar-refractivity contribution is -0.122. The lowest BCUT2D eigenvalue weighted by Gasteiger charge is -2.32. The molecular formula is C24H30N4O3S. The average molecular weight is 455 g/mol. The number of sulfonamides is 1. The Morgan fingerprint density at radius 3 is 2.56 bits per heavy atom. The van der Waals surface area contributed by atoms with Crippen molar-refractivity contribution in [3.05, 3.63) is 60.2 Å². The van der Waals surface area contributed by atoms with E-state index in [-0.39, 0.29) is 22.8 Å². The van der Waals surface area contributed by atoms with Crippen molar-refractivity contribution in [3.63, 3.8) is 0 Å². The number of carbonyl (C=O) groups is 1. The molecule has 1 atom stereocenters. The van der Waals surface area contributed by atoms with E-state index >= 15 is 0 Å². The molecule has 32 heavy (non-hydrogen) atoms. The number of fused-ring (bicyclic) bond motifs is 1. The van der Waals surface area contributed by atoms with Crippen molar-refractivity contribution in [1.82, 2.24) is 10.2 Å². The summed E-state index contributed by atoms with van der Waals surface area (Å²) < 4.78 is 28.7. The molecule has 2 aromatic rings. The Balaban J connectivity index is 1.22. The van der Waals surface area contributed by atoms with Gasteiger partial charge in [0.2, 0.25) is 5.91 Å². The van der Waals surface area contributed by atoms with Crippen molar-refractivity contribution in [2.45, 2.75) is 50.1 Å². The van der Waals surface area contributed by atoms with E-state index < -0.39 is 10.0 Å². The largest absolute Gasteiger partial charge is 0.353 e. The minimum Gasteiger partial charge on any atom is -0.353 e. The molecule has 170 valence electrons. The van der Waals surface area contributed by atoms with Crippen LogP contribution in [-0.4, -0.2) is 44.2 Å². The summed E-state index contributed by atoms with van der Waals surface area (Å²) in [6.07, 6.45) is 2.62. The van der Waals surface area contributed by atoms with Gasteiger partial charge in [-0.25, -0.2) is 0 Å². The minimum atomic E-state index is -3.70. The molecule has 2 heterocycles. The molecule has 2 aliphatic heterocycles. The predicted molar refractivity (Wildman–Crippen MR) is 126 cm³/mol. The maximum Gasteiger partial charge on any atom is 0.286 e. The summed E-state index contributed by atoms with van der Waals surface area (Å²) in [5.41, 5.74) is 1.85. The van der Waals surface area contributed by atoms with E-state index in [0.717, 1.165) is 32.5 Å². The number of likely N-dealkylation sites (tertiary alicyclic amines) is 1. The summed E-state index contributed by atoms with van der Waals surface area (Å²) in [5.74, 6) is 0.372. The number of para-hydroxylation sites is 1. The standard InChI is InChI=1S/C24H30N4O3S/c1-18(15-23-26-21-9-5-6-10-22(21)32(30,31)27-23)16-24(29)25-20-11-13-28(14-12-20)17-19-7-3-2-4-8-19/h2-10,18,20H,11-17H2,1H3,(H,25,29)(H,26,27)/t18-/m1/s1. The maximum absolute atomic E-state index is 12.6. The van der Waals surface area contributed by atoms with E-state index in [4.69, 9.17) is 0 Å². The Labute approximate surface area is 190 Å². The molecule has 0 aromatic heterocycles. The molecule has 1 fully saturated rings. The summed E-state index contributed by atoms with van der Waals surface area (Å²) in [6.45, 7) is 4.82. The smallest absolute Gasteiger partial charge is 0.286 e. The van der Waals surface area contributed by atoms with Crippen molar-refractivity contribution in [3.8, 4) is 0 Å². The van der Waals surface area contributed by atoms with Gasteiger partial charge in [0.1, 0.15) is 10.7 Å². The van der Waals surface area contributed by atoms with Gasteiger partial charge in [-0.05, 0) is 36.5 Å². The van der Waals surface area contributed by atoms with E-state index in [1.165, 1.54) is 5.56 Å². The Kier molecular flexibility index (Phi) is 6.91. The van der Waals surface area contributed by atoms with Gasteiger partial charge < -0.3 is 10.6 Å². The number of amidine groups is 1. The SMILES string of the molecule is C[C@@H](CC(=O)NC1CCN(Cc2ccccc2)CC1)CC1=NS(=O)(=O)c2ccccc2N1. The van der Waals surface area contributed by atoms with Crippen LogP contribution in [0.15, 0.2) is 63.9 Å². The third-order valence-corrected chi connectivity index (χ3v) is 7.32. The van der Waals surface area contributed by atoms with Crippen molar-refractivity contribution >= 4 is 27.5 Å². The number of rotatable bonds is 7. The molecule has 0 radical (unpaired) electrons. The Bertz CT molecular complexity index is 1080. The fourth-order valence-corrected chi connectivity index (χ4v) is 5.49. The van der Waals surface area contributed by atoms with Gasteiger partial charge in [-0.3, -0.25) is 9.69 Å². The minimum absolute atomic E-state index is 0.0127. The van der Waals surface area contributed by atoms with Crippen LogP contribution in [0.3, 0.4) is 0 Å². The molecule has 0 unspecified atom stereocenters. The molecule has 7 nitrogen and oxygen atoms in total. The van der Waals surface area contributed by atoms with E-state index in [0.29, 0.717) is 24.4 Å². The highest BCUT2D eigenvalue weighted by molar-refractivity contribution is 7.90. The number of nitrogens with one attached hydrogen (secondary N) is 2. The number of carbonyl (C=O) groups excluding carboxylic acids is 1. The molecule has 0 aliphatic carbocycles. The summed E-state index contributed by atoms with van der Waals surface area (Å²) in [7, 11) is -3.70. The second-order valence-electron chi connectivity index (χ2n) is 8.75. The van der Waals surface area contributed by atoms with Crippen LogP contribution >= 0.6 is 0 Å². The van der Waals surface area contributed by atoms with Crippen LogP contribution in [0.5, 0.6) is 0 Å². The number of hydrogen-bond donors (Lipinski definition) is 2. The second-order valence-corrected chi connectivity index (χ2v) is 10.3. The number of hydrogen-bond acceptors (Lipinski definition) is 5. The molecule has 2 N–H and O–H groups in total. The van der Waals surface area contributed by atoms with Crippen LogP contribution in [-0.2, 0) is 21.4 Å². The fourth-order valence-electron chi connectivity index (χ4n) is 4.34. The number of amides is 1. The second kappa shape index (κ2) is 9.83. The quantitative estimate of drug-likeness (QED) is 0.669. The van der Waals surface area contributed by atoms with E-state index in [9.17, 15) is 13.2 Å². The zero-order valence-electron chi connectivity index (χ0n) is 18.3. The van der Waals surface area contributed by atoms with Gasteiger partial charge in [-0.1, -0.05) is 49.4 Å². The maximum atomic E-state index is 12.6. The average Bonchev–Trinajstić information content (AvgIpc) is 2.75. The first kappa shape index (κ1) is 22.5. The van der Waals surface area contributed by atoms with Crippen LogP contribution in [0.25, 0.3) is 0 Å². The van der Waals surface area contributed by atoms with Crippen molar-refractivity contribution in [2.24, 2.45) is 10.3 Å². The number of nitrogens with zero attached hydrogens (tertiary/aromatic N) is 2. The number of piperidine rings is 1. The highest BCUT2D eigenvalue weighted by Crippen LogP contribution is 2.28. The van der Waals surface area contributed by atoms with Gasteiger partial charge >= 0.3 is 0 Å². The van der Waals surface area contributed by atoms with E-state index in [1.807, 2.05) is 13.0 Å². The monoisotopic (exact) mass is 454 g/mol.